The first-order valence-corrected chi connectivity index (χ1v) is 8.36. The number of rotatable bonds is 5. The van der Waals surface area contributed by atoms with E-state index >= 15 is 0 Å². The van der Waals surface area contributed by atoms with Gasteiger partial charge in [0.25, 0.3) is 5.56 Å². The van der Waals surface area contributed by atoms with Gasteiger partial charge >= 0.3 is 6.03 Å². The summed E-state index contributed by atoms with van der Waals surface area (Å²) in [5.41, 5.74) is 1.59. The zero-order valence-corrected chi connectivity index (χ0v) is 15.3. The van der Waals surface area contributed by atoms with E-state index in [-0.39, 0.29) is 5.56 Å². The highest BCUT2D eigenvalue weighted by Crippen LogP contribution is 2.29. The number of para-hydroxylation sites is 1. The molecule has 140 valence electrons. The summed E-state index contributed by atoms with van der Waals surface area (Å²) in [5, 5.41) is 5.66. The van der Waals surface area contributed by atoms with Crippen LogP contribution in [0.2, 0.25) is 0 Å². The predicted octanol–water partition coefficient (Wildman–Crippen LogP) is 2.34. The van der Waals surface area contributed by atoms with E-state index in [4.69, 9.17) is 4.74 Å². The number of benzene rings is 1. The van der Waals surface area contributed by atoms with E-state index in [9.17, 15) is 9.59 Å². The minimum Gasteiger partial charge on any atom is -0.496 e. The van der Waals surface area contributed by atoms with Crippen molar-refractivity contribution in [1.29, 1.82) is 0 Å². The molecule has 0 saturated heterocycles. The van der Waals surface area contributed by atoms with E-state index in [1.54, 1.807) is 26.3 Å². The number of anilines is 1. The SMILES string of the molecule is COc1ccccc1C(NC(=O)Nc1c[nH]c(=O)c(C)c1)c1nccn1C. The molecule has 8 nitrogen and oxygen atoms in total. The molecule has 3 N–H and O–H groups in total. The number of amides is 2. The van der Waals surface area contributed by atoms with Gasteiger partial charge in [-0.2, -0.15) is 0 Å². The summed E-state index contributed by atoms with van der Waals surface area (Å²) in [7, 11) is 3.44. The second kappa shape index (κ2) is 7.77. The van der Waals surface area contributed by atoms with Gasteiger partial charge in [0, 0.05) is 36.8 Å². The van der Waals surface area contributed by atoms with Crippen LogP contribution in [0, 0.1) is 6.92 Å². The molecule has 0 radical (unpaired) electrons. The fraction of sp³-hybridized carbons (Fsp3) is 0.211. The van der Waals surface area contributed by atoms with E-state index in [0.717, 1.165) is 5.56 Å². The molecular weight excluding hydrogens is 346 g/mol. The molecule has 27 heavy (non-hydrogen) atoms. The summed E-state index contributed by atoms with van der Waals surface area (Å²) in [4.78, 5) is 31.0. The molecule has 1 atom stereocenters. The standard InChI is InChI=1S/C19H21N5O3/c1-12-10-13(11-21-18(12)25)22-19(26)23-16(17-20-8-9-24(17)2)14-6-4-5-7-15(14)27-3/h4-11,16H,1-3H3,(H,21,25)(H2,22,23,26). The third-order valence-corrected chi connectivity index (χ3v) is 4.19. The van der Waals surface area contributed by atoms with Crippen LogP contribution >= 0.6 is 0 Å². The molecule has 3 rings (SSSR count). The van der Waals surface area contributed by atoms with E-state index in [0.29, 0.717) is 22.8 Å². The third-order valence-electron chi connectivity index (χ3n) is 4.19. The molecule has 2 amide bonds. The molecule has 1 unspecified atom stereocenters. The Morgan fingerprint density at radius 1 is 1.33 bits per heavy atom. The fourth-order valence-electron chi connectivity index (χ4n) is 2.81. The zero-order chi connectivity index (χ0) is 19.4. The third kappa shape index (κ3) is 4.00. The molecule has 0 saturated carbocycles. The summed E-state index contributed by atoms with van der Waals surface area (Å²) in [5.74, 6) is 1.30. The second-order valence-electron chi connectivity index (χ2n) is 6.07. The Morgan fingerprint density at radius 2 is 2.11 bits per heavy atom. The van der Waals surface area contributed by atoms with Crippen molar-refractivity contribution in [3.8, 4) is 5.75 Å². The van der Waals surface area contributed by atoms with Gasteiger partial charge in [0.2, 0.25) is 0 Å². The lowest BCUT2D eigenvalue weighted by Gasteiger charge is -2.21. The van der Waals surface area contributed by atoms with E-state index < -0.39 is 12.1 Å². The number of carbonyl (C=O) groups excluding carboxylic acids is 1. The molecule has 0 aliphatic heterocycles. The quantitative estimate of drug-likeness (QED) is 0.644. The number of aromatic amines is 1. The first-order valence-electron chi connectivity index (χ1n) is 8.36. The minimum atomic E-state index is -0.523. The van der Waals surface area contributed by atoms with Crippen LogP contribution in [0.5, 0.6) is 5.75 Å². The van der Waals surface area contributed by atoms with Crippen molar-refractivity contribution in [2.24, 2.45) is 7.05 Å². The van der Waals surface area contributed by atoms with Gasteiger partial charge in [-0.25, -0.2) is 9.78 Å². The molecule has 8 heteroatoms. The summed E-state index contributed by atoms with van der Waals surface area (Å²) in [6.45, 7) is 1.67. The Bertz CT molecular complexity index is 1010. The monoisotopic (exact) mass is 367 g/mol. The fourth-order valence-corrected chi connectivity index (χ4v) is 2.81. The highest BCUT2D eigenvalue weighted by molar-refractivity contribution is 5.89. The molecule has 2 aromatic heterocycles. The summed E-state index contributed by atoms with van der Waals surface area (Å²) < 4.78 is 7.28. The molecule has 0 bridgehead atoms. The number of urea groups is 1. The van der Waals surface area contributed by atoms with Crippen molar-refractivity contribution in [1.82, 2.24) is 19.9 Å². The maximum absolute atomic E-state index is 12.6. The number of H-pyrrole nitrogens is 1. The maximum atomic E-state index is 12.6. The molecule has 0 spiro atoms. The topological polar surface area (TPSA) is 101 Å². The van der Waals surface area contributed by atoms with Gasteiger partial charge in [-0.3, -0.25) is 4.79 Å². The number of nitrogens with zero attached hydrogens (tertiary/aromatic N) is 2. The van der Waals surface area contributed by atoms with Crippen LogP contribution in [0.4, 0.5) is 10.5 Å². The molecule has 2 heterocycles. The average molecular weight is 367 g/mol. The molecule has 1 aromatic carbocycles. The van der Waals surface area contributed by atoms with Crippen LogP contribution < -0.4 is 20.9 Å². The summed E-state index contributed by atoms with van der Waals surface area (Å²) >= 11 is 0. The lowest BCUT2D eigenvalue weighted by Crippen LogP contribution is -2.35. The van der Waals surface area contributed by atoms with Crippen LogP contribution in [-0.2, 0) is 7.05 Å². The number of hydrogen-bond acceptors (Lipinski definition) is 4. The van der Waals surface area contributed by atoms with Crippen molar-refractivity contribution < 1.29 is 9.53 Å². The van der Waals surface area contributed by atoms with Crippen LogP contribution in [-0.4, -0.2) is 27.7 Å². The van der Waals surface area contributed by atoms with Crippen LogP contribution in [0.25, 0.3) is 0 Å². The number of pyridine rings is 1. The van der Waals surface area contributed by atoms with Crippen molar-refractivity contribution in [3.63, 3.8) is 0 Å². The van der Waals surface area contributed by atoms with Crippen LogP contribution in [0.15, 0.2) is 53.7 Å². The Hall–Kier alpha value is -3.55. The van der Waals surface area contributed by atoms with Crippen molar-refractivity contribution in [2.75, 3.05) is 12.4 Å². The number of imidazole rings is 1. The average Bonchev–Trinajstić information content (AvgIpc) is 3.08. The van der Waals surface area contributed by atoms with Crippen LogP contribution in [0.1, 0.15) is 23.0 Å². The Balaban J connectivity index is 1.89. The Kier molecular flexibility index (Phi) is 5.25. The second-order valence-corrected chi connectivity index (χ2v) is 6.07. The first-order chi connectivity index (χ1) is 13.0. The predicted molar refractivity (Wildman–Crippen MR) is 102 cm³/mol. The maximum Gasteiger partial charge on any atom is 0.320 e. The highest BCUT2D eigenvalue weighted by Gasteiger charge is 2.23. The van der Waals surface area contributed by atoms with Crippen molar-refractivity contribution >= 4 is 11.7 Å². The van der Waals surface area contributed by atoms with Gasteiger partial charge in [-0.1, -0.05) is 18.2 Å². The number of ether oxygens (including phenoxy) is 1. The number of hydrogen-bond donors (Lipinski definition) is 3. The van der Waals surface area contributed by atoms with E-state index in [1.165, 1.54) is 6.20 Å². The van der Waals surface area contributed by atoms with Crippen molar-refractivity contribution in [2.45, 2.75) is 13.0 Å². The van der Waals surface area contributed by atoms with E-state index in [1.807, 2.05) is 42.1 Å². The normalized spacial score (nSPS) is 11.7. The molecule has 0 fully saturated rings. The molecular formula is C19H21N5O3. The Labute approximate surface area is 156 Å². The number of aromatic nitrogens is 3. The van der Waals surface area contributed by atoms with E-state index in [2.05, 4.69) is 20.6 Å². The number of carbonyl (C=O) groups is 1. The smallest absolute Gasteiger partial charge is 0.320 e. The minimum absolute atomic E-state index is 0.194. The highest BCUT2D eigenvalue weighted by atomic mass is 16.5. The summed E-state index contributed by atoms with van der Waals surface area (Å²) in [6, 6.07) is 8.10. The molecule has 3 aromatic rings. The lowest BCUT2D eigenvalue weighted by atomic mass is 10.0. The Morgan fingerprint density at radius 3 is 2.78 bits per heavy atom. The number of aryl methyl sites for hydroxylation is 2. The first kappa shape index (κ1) is 18.2. The number of methoxy groups -OCH3 is 1. The van der Waals surface area contributed by atoms with Gasteiger partial charge < -0.3 is 24.9 Å². The van der Waals surface area contributed by atoms with Gasteiger partial charge in [-0.15, -0.1) is 0 Å². The van der Waals surface area contributed by atoms with Gasteiger partial charge in [-0.05, 0) is 19.1 Å². The molecule has 0 aliphatic rings. The largest absolute Gasteiger partial charge is 0.496 e. The van der Waals surface area contributed by atoms with Gasteiger partial charge in [0.1, 0.15) is 17.6 Å². The zero-order valence-electron chi connectivity index (χ0n) is 15.3. The van der Waals surface area contributed by atoms with Gasteiger partial charge in [0.15, 0.2) is 0 Å². The van der Waals surface area contributed by atoms with Crippen molar-refractivity contribution in [3.05, 3.63) is 76.2 Å². The number of nitrogens with one attached hydrogen (secondary N) is 3. The van der Waals surface area contributed by atoms with Gasteiger partial charge in [0.05, 0.1) is 12.8 Å². The molecule has 0 aliphatic carbocycles. The summed E-state index contributed by atoms with van der Waals surface area (Å²) in [6.07, 6.45) is 4.93. The lowest BCUT2D eigenvalue weighted by molar-refractivity contribution is 0.249. The van der Waals surface area contributed by atoms with Crippen LogP contribution in [0.3, 0.4) is 0 Å².